The lowest BCUT2D eigenvalue weighted by Gasteiger charge is -2.32. The summed E-state index contributed by atoms with van der Waals surface area (Å²) < 4.78 is 19.3. The lowest BCUT2D eigenvalue weighted by atomic mass is 9.73. The molecule has 3 unspecified atom stereocenters. The highest BCUT2D eigenvalue weighted by Gasteiger charge is 2.38. The van der Waals surface area contributed by atoms with Crippen LogP contribution in [0, 0.1) is 0 Å². The molecule has 0 aromatic heterocycles. The number of fused-ring (bicyclic) bond motifs is 1. The van der Waals surface area contributed by atoms with E-state index in [4.69, 9.17) is 14.2 Å². The zero-order chi connectivity index (χ0) is 44.3. The van der Waals surface area contributed by atoms with E-state index in [0.29, 0.717) is 5.56 Å². The Morgan fingerprint density at radius 2 is 1.13 bits per heavy atom. The number of esters is 1. The number of hydrogen-bond donors (Lipinski definition) is 0. The molecule has 0 bridgehead atoms. The minimum Gasteiger partial charge on any atom is -0.484 e. The van der Waals surface area contributed by atoms with Gasteiger partial charge in [-0.2, -0.15) is 0 Å². The van der Waals surface area contributed by atoms with Crippen molar-refractivity contribution in [3.63, 3.8) is 0 Å². The maximum absolute atomic E-state index is 13.4. The van der Waals surface area contributed by atoms with E-state index >= 15 is 0 Å². The van der Waals surface area contributed by atoms with Crippen molar-refractivity contribution in [3.8, 4) is 11.5 Å². The summed E-state index contributed by atoms with van der Waals surface area (Å²) in [4.78, 5) is 13.4. The fraction of sp³-hybridized carbons (Fsp3) is 0.421. The number of allylic oxidation sites excluding steroid dienone is 1. The summed E-state index contributed by atoms with van der Waals surface area (Å²) >= 11 is 0. The minimum atomic E-state index is -0.601. The Bertz CT molecular complexity index is 2280. The Morgan fingerprint density at radius 1 is 0.607 bits per heavy atom. The Hall–Kier alpha value is -5.09. The molecule has 0 N–H and O–H groups in total. The predicted octanol–water partition coefficient (Wildman–Crippen LogP) is 14.9. The third kappa shape index (κ3) is 10.0. The fourth-order valence-corrected chi connectivity index (χ4v) is 8.78. The summed E-state index contributed by atoms with van der Waals surface area (Å²) in [5, 5.41) is 0. The van der Waals surface area contributed by atoms with Gasteiger partial charge in [-0.15, -0.1) is 0 Å². The van der Waals surface area contributed by atoms with Crippen LogP contribution >= 0.6 is 0 Å². The molecule has 0 aliphatic heterocycles. The zero-order valence-corrected chi connectivity index (χ0v) is 39.1. The van der Waals surface area contributed by atoms with Crippen molar-refractivity contribution in [1.82, 2.24) is 0 Å². The van der Waals surface area contributed by atoms with E-state index < -0.39 is 16.8 Å². The number of carbonyl (C=O) groups excluding carboxylic acids is 1. The quantitative estimate of drug-likeness (QED) is 0.0692. The van der Waals surface area contributed by atoms with Gasteiger partial charge in [0.05, 0.1) is 5.56 Å². The van der Waals surface area contributed by atoms with Gasteiger partial charge in [-0.3, -0.25) is 0 Å². The number of ether oxygens (including phenoxy) is 3. The summed E-state index contributed by atoms with van der Waals surface area (Å²) in [5.41, 5.74) is 7.38. The van der Waals surface area contributed by atoms with Crippen LogP contribution in [0.1, 0.15) is 164 Å². The van der Waals surface area contributed by atoms with E-state index in [9.17, 15) is 4.79 Å². The first kappa shape index (κ1) is 45.4. The third-order valence-electron chi connectivity index (χ3n) is 14.2. The van der Waals surface area contributed by atoms with Crippen LogP contribution in [-0.4, -0.2) is 11.6 Å². The molecule has 322 valence electrons. The maximum atomic E-state index is 13.4. The lowest BCUT2D eigenvalue weighted by Crippen LogP contribution is -2.27. The first-order valence-electron chi connectivity index (χ1n) is 22.6. The summed E-state index contributed by atoms with van der Waals surface area (Å²) in [5.74, 6) is 1.45. The number of aryl methyl sites for hydroxylation is 1. The second-order valence-corrected chi connectivity index (χ2v) is 19.7. The van der Waals surface area contributed by atoms with Gasteiger partial charge in [0.2, 0.25) is 0 Å². The number of carbonyl (C=O) groups is 1. The van der Waals surface area contributed by atoms with Gasteiger partial charge in [0.15, 0.2) is 0 Å². The highest BCUT2D eigenvalue weighted by atomic mass is 16.6. The molecular formula is C57H70O4. The summed E-state index contributed by atoms with van der Waals surface area (Å²) in [7, 11) is 0. The van der Waals surface area contributed by atoms with Crippen molar-refractivity contribution in [2.75, 3.05) is 0 Å². The highest BCUT2D eigenvalue weighted by molar-refractivity contribution is 5.90. The molecule has 0 saturated carbocycles. The molecule has 3 atom stereocenters. The standard InChI is InChI=1S/C57H70O4/c1-13-52(4,5)43-29-33-48(34-30-43)59-53(6,7)38-18-39-55(10,14-2)45-31-35-49(36-32-45)60-54(8,9)44-25-27-47(28-26-44)56(11,15-3)46-23-21-42(22-24-46)51(58)61-57(12)40-37-41-19-16-17-20-50(41)57/h16-36,38H,13-15,37,39-40H2,1-12H3/b38-18-. The molecular weight excluding hydrogens is 749 g/mol. The Balaban J connectivity index is 1.07. The third-order valence-corrected chi connectivity index (χ3v) is 14.2. The van der Waals surface area contributed by atoms with E-state index in [1.165, 1.54) is 22.3 Å². The van der Waals surface area contributed by atoms with Gasteiger partial charge < -0.3 is 14.2 Å². The van der Waals surface area contributed by atoms with Crippen molar-refractivity contribution >= 4 is 5.97 Å². The highest BCUT2D eigenvalue weighted by Crippen LogP contribution is 2.42. The Labute approximate surface area is 367 Å². The lowest BCUT2D eigenvalue weighted by molar-refractivity contribution is -0.0112. The van der Waals surface area contributed by atoms with Crippen LogP contribution in [0.25, 0.3) is 0 Å². The molecule has 4 heteroatoms. The second-order valence-electron chi connectivity index (χ2n) is 19.7. The molecule has 5 aromatic rings. The Morgan fingerprint density at radius 3 is 1.70 bits per heavy atom. The molecule has 0 heterocycles. The molecule has 61 heavy (non-hydrogen) atoms. The van der Waals surface area contributed by atoms with Gasteiger partial charge in [-0.1, -0.05) is 139 Å². The first-order chi connectivity index (χ1) is 28.8. The topological polar surface area (TPSA) is 44.8 Å². The van der Waals surface area contributed by atoms with Crippen molar-refractivity contribution in [2.45, 2.75) is 155 Å². The van der Waals surface area contributed by atoms with E-state index in [1.54, 1.807) is 0 Å². The van der Waals surface area contributed by atoms with Gasteiger partial charge in [0.1, 0.15) is 28.3 Å². The molecule has 4 nitrogen and oxygen atoms in total. The van der Waals surface area contributed by atoms with Crippen LogP contribution in [0.15, 0.2) is 133 Å². The largest absolute Gasteiger partial charge is 0.484 e. The average molecular weight is 819 g/mol. The summed E-state index contributed by atoms with van der Waals surface area (Å²) in [6, 6.07) is 42.4. The monoisotopic (exact) mass is 819 g/mol. The van der Waals surface area contributed by atoms with E-state index in [-0.39, 0.29) is 22.2 Å². The van der Waals surface area contributed by atoms with Crippen LogP contribution in [-0.2, 0) is 38.6 Å². The Kier molecular flexibility index (Phi) is 13.2. The molecule has 1 aliphatic rings. The minimum absolute atomic E-state index is 0.0276. The van der Waals surface area contributed by atoms with Crippen LogP contribution < -0.4 is 9.47 Å². The van der Waals surface area contributed by atoms with Crippen LogP contribution in [0.3, 0.4) is 0 Å². The molecule has 1 aliphatic carbocycles. The maximum Gasteiger partial charge on any atom is 0.339 e. The average Bonchev–Trinajstić information content (AvgIpc) is 3.58. The van der Waals surface area contributed by atoms with Crippen molar-refractivity contribution in [3.05, 3.63) is 178 Å². The SMILES string of the molecule is CCC(C)(C)c1ccc(OC(C)(C)/C=C\CC(C)(CC)c2ccc(OC(C)(C)c3ccc(C(C)(CC)c4ccc(C(=O)OC5(C)CCc6ccccc65)cc4)cc3)cc2)cc1. The molecule has 6 rings (SSSR count). The normalized spacial score (nSPS) is 17.6. The van der Waals surface area contributed by atoms with E-state index in [2.05, 4.69) is 185 Å². The van der Waals surface area contributed by atoms with Crippen LogP contribution in [0.4, 0.5) is 0 Å². The van der Waals surface area contributed by atoms with Crippen molar-refractivity contribution in [1.29, 1.82) is 0 Å². The van der Waals surface area contributed by atoms with E-state index in [0.717, 1.165) is 66.7 Å². The molecule has 0 radical (unpaired) electrons. The first-order valence-corrected chi connectivity index (χ1v) is 22.6. The zero-order valence-electron chi connectivity index (χ0n) is 39.1. The van der Waals surface area contributed by atoms with Gasteiger partial charge in [-0.25, -0.2) is 4.79 Å². The van der Waals surface area contributed by atoms with Gasteiger partial charge in [-0.05, 0) is 165 Å². The second kappa shape index (κ2) is 17.7. The fourth-order valence-electron chi connectivity index (χ4n) is 8.78. The van der Waals surface area contributed by atoms with Gasteiger partial charge >= 0.3 is 5.97 Å². The smallest absolute Gasteiger partial charge is 0.339 e. The van der Waals surface area contributed by atoms with Crippen molar-refractivity contribution in [2.24, 2.45) is 0 Å². The number of hydrogen-bond acceptors (Lipinski definition) is 4. The molecule has 0 saturated heterocycles. The van der Waals surface area contributed by atoms with Crippen LogP contribution in [0.5, 0.6) is 11.5 Å². The summed E-state index contributed by atoms with van der Waals surface area (Å²) in [6.07, 6.45) is 10.1. The number of rotatable bonds is 17. The van der Waals surface area contributed by atoms with Crippen LogP contribution in [0.2, 0.25) is 0 Å². The van der Waals surface area contributed by atoms with E-state index in [1.807, 2.05) is 31.2 Å². The molecule has 0 amide bonds. The molecule has 0 spiro atoms. The number of benzene rings is 5. The van der Waals surface area contributed by atoms with Gasteiger partial charge in [0.25, 0.3) is 0 Å². The van der Waals surface area contributed by atoms with Gasteiger partial charge in [0, 0.05) is 5.41 Å². The molecule has 0 fully saturated rings. The predicted molar refractivity (Wildman–Crippen MR) is 253 cm³/mol. The van der Waals surface area contributed by atoms with Crippen molar-refractivity contribution < 1.29 is 19.0 Å². The summed E-state index contributed by atoms with van der Waals surface area (Å²) in [6.45, 7) is 26.4. The molecule has 5 aromatic carbocycles.